The molecule has 1 spiro atoms. The maximum absolute atomic E-state index is 13.4. The zero-order chi connectivity index (χ0) is 17.4. The van der Waals surface area contributed by atoms with E-state index in [0.717, 1.165) is 24.8 Å². The molecule has 0 saturated carbocycles. The maximum atomic E-state index is 13.4. The molecule has 0 bridgehead atoms. The molecule has 2 fully saturated rings. The van der Waals surface area contributed by atoms with Crippen molar-refractivity contribution in [2.24, 2.45) is 0 Å². The summed E-state index contributed by atoms with van der Waals surface area (Å²) in [5.41, 5.74) is 0.469. The van der Waals surface area contributed by atoms with Gasteiger partial charge in [-0.25, -0.2) is 17.1 Å². The Balaban J connectivity index is 1.81. The first-order chi connectivity index (χ1) is 11.3. The molecule has 1 atom stereocenters. The van der Waals surface area contributed by atoms with Crippen LogP contribution >= 0.6 is 0 Å². The van der Waals surface area contributed by atoms with Crippen LogP contribution in [0.2, 0.25) is 0 Å². The van der Waals surface area contributed by atoms with Crippen LogP contribution in [0, 0.1) is 5.82 Å². The van der Waals surface area contributed by atoms with Crippen molar-refractivity contribution in [3.05, 3.63) is 35.6 Å². The van der Waals surface area contributed by atoms with Gasteiger partial charge in [-0.2, -0.15) is 0 Å². The number of amides is 1. The highest BCUT2D eigenvalue weighted by atomic mass is 32.2. The second-order valence-electron chi connectivity index (χ2n) is 6.85. The van der Waals surface area contributed by atoms with E-state index in [1.54, 1.807) is 6.07 Å². The summed E-state index contributed by atoms with van der Waals surface area (Å²) < 4.78 is 38.6. The molecule has 7 heteroatoms. The van der Waals surface area contributed by atoms with Crippen molar-refractivity contribution in [3.8, 4) is 0 Å². The number of likely N-dealkylation sites (tertiary alicyclic amines) is 1. The Morgan fingerprint density at radius 2 is 2.00 bits per heavy atom. The van der Waals surface area contributed by atoms with Gasteiger partial charge in [-0.1, -0.05) is 12.1 Å². The highest BCUT2D eigenvalue weighted by molar-refractivity contribution is 7.88. The van der Waals surface area contributed by atoms with Crippen LogP contribution in [-0.4, -0.2) is 48.4 Å². The van der Waals surface area contributed by atoms with E-state index < -0.39 is 10.0 Å². The number of rotatable bonds is 3. The molecule has 0 N–H and O–H groups in total. The van der Waals surface area contributed by atoms with E-state index in [9.17, 15) is 17.6 Å². The fraction of sp³-hybridized carbons (Fsp3) is 0.588. The van der Waals surface area contributed by atoms with E-state index in [4.69, 9.17) is 0 Å². The van der Waals surface area contributed by atoms with Crippen molar-refractivity contribution in [2.75, 3.05) is 19.3 Å². The maximum Gasteiger partial charge on any atom is 0.223 e. The summed E-state index contributed by atoms with van der Waals surface area (Å²) in [6.45, 7) is 1.32. The van der Waals surface area contributed by atoms with Gasteiger partial charge >= 0.3 is 0 Å². The predicted molar refractivity (Wildman–Crippen MR) is 89.2 cm³/mol. The molecule has 1 aromatic rings. The van der Waals surface area contributed by atoms with Crippen molar-refractivity contribution in [2.45, 2.75) is 44.2 Å². The molecule has 2 aliphatic heterocycles. The van der Waals surface area contributed by atoms with Gasteiger partial charge in [-0.15, -0.1) is 0 Å². The van der Waals surface area contributed by atoms with Crippen LogP contribution in [0.15, 0.2) is 24.3 Å². The second kappa shape index (κ2) is 6.44. The average Bonchev–Trinajstić information content (AvgIpc) is 2.70. The van der Waals surface area contributed by atoms with Crippen molar-refractivity contribution >= 4 is 15.9 Å². The van der Waals surface area contributed by atoms with Crippen molar-refractivity contribution < 1.29 is 17.6 Å². The number of benzene rings is 1. The summed E-state index contributed by atoms with van der Waals surface area (Å²) in [5.74, 6) is -0.232. The van der Waals surface area contributed by atoms with Crippen LogP contribution < -0.4 is 0 Å². The molecule has 2 saturated heterocycles. The molecule has 24 heavy (non-hydrogen) atoms. The lowest BCUT2D eigenvalue weighted by Crippen LogP contribution is -2.46. The Morgan fingerprint density at radius 3 is 2.71 bits per heavy atom. The SMILES string of the molecule is CS(=O)(=O)N1CCC[C@@]2(CCC(=O)N2Cc2cccc(F)c2)CC1. The number of carbonyl (C=O) groups excluding carboxylic acids is 1. The Hall–Kier alpha value is -1.47. The number of nitrogens with zero attached hydrogens (tertiary/aromatic N) is 2. The van der Waals surface area contributed by atoms with Crippen molar-refractivity contribution in [1.29, 1.82) is 0 Å². The van der Waals surface area contributed by atoms with E-state index in [1.165, 1.54) is 22.7 Å². The molecule has 0 aromatic heterocycles. The first kappa shape index (κ1) is 17.4. The lowest BCUT2D eigenvalue weighted by Gasteiger charge is -2.38. The molecule has 5 nitrogen and oxygen atoms in total. The van der Waals surface area contributed by atoms with Gasteiger partial charge in [0, 0.05) is 31.6 Å². The van der Waals surface area contributed by atoms with Gasteiger partial charge in [0.05, 0.1) is 6.26 Å². The fourth-order valence-electron chi connectivity index (χ4n) is 3.95. The van der Waals surface area contributed by atoms with Gasteiger partial charge < -0.3 is 4.90 Å². The number of hydrogen-bond acceptors (Lipinski definition) is 3. The monoisotopic (exact) mass is 354 g/mol. The largest absolute Gasteiger partial charge is 0.333 e. The lowest BCUT2D eigenvalue weighted by molar-refractivity contribution is -0.132. The number of hydrogen-bond donors (Lipinski definition) is 0. The number of carbonyl (C=O) groups is 1. The lowest BCUT2D eigenvalue weighted by atomic mass is 9.87. The minimum Gasteiger partial charge on any atom is -0.333 e. The molecule has 3 rings (SSSR count). The third kappa shape index (κ3) is 3.47. The van der Waals surface area contributed by atoms with Crippen LogP contribution in [0.25, 0.3) is 0 Å². The highest BCUT2D eigenvalue weighted by Gasteiger charge is 2.46. The Labute approximate surface area is 142 Å². The summed E-state index contributed by atoms with van der Waals surface area (Å²) in [6.07, 6.45) is 4.63. The number of sulfonamides is 1. The van der Waals surface area contributed by atoms with Gasteiger partial charge in [0.15, 0.2) is 0 Å². The van der Waals surface area contributed by atoms with Crippen LogP contribution in [0.1, 0.15) is 37.7 Å². The van der Waals surface area contributed by atoms with E-state index >= 15 is 0 Å². The number of halogens is 1. The van der Waals surface area contributed by atoms with Crippen LogP contribution in [0.3, 0.4) is 0 Å². The topological polar surface area (TPSA) is 57.7 Å². The minimum atomic E-state index is -3.21. The van der Waals surface area contributed by atoms with Crippen molar-refractivity contribution in [1.82, 2.24) is 9.21 Å². The standard InChI is InChI=1S/C17H23FN2O3S/c1-24(22,23)19-10-3-7-17(9-11-19)8-6-16(21)20(17)13-14-4-2-5-15(18)12-14/h2,4-5,12H,3,6-11,13H2,1H3/t17-/m1/s1. The molecule has 0 aliphatic carbocycles. The quantitative estimate of drug-likeness (QED) is 0.836. The van der Waals surface area contributed by atoms with Crippen LogP contribution in [-0.2, 0) is 21.4 Å². The smallest absolute Gasteiger partial charge is 0.223 e. The van der Waals surface area contributed by atoms with Gasteiger partial charge in [0.2, 0.25) is 15.9 Å². The molecule has 0 radical (unpaired) electrons. The van der Waals surface area contributed by atoms with Crippen molar-refractivity contribution in [3.63, 3.8) is 0 Å². The van der Waals surface area contributed by atoms with Crippen LogP contribution in [0.5, 0.6) is 0 Å². The Bertz CT molecular complexity index is 737. The summed E-state index contributed by atoms with van der Waals surface area (Å²) >= 11 is 0. The molecular weight excluding hydrogens is 331 g/mol. The van der Waals surface area contributed by atoms with E-state index in [1.807, 2.05) is 11.0 Å². The van der Waals surface area contributed by atoms with Gasteiger partial charge in [-0.05, 0) is 43.4 Å². The summed E-state index contributed by atoms with van der Waals surface area (Å²) in [4.78, 5) is 14.3. The second-order valence-corrected chi connectivity index (χ2v) is 8.83. The average molecular weight is 354 g/mol. The normalized spacial score (nSPS) is 26.1. The molecule has 1 aromatic carbocycles. The van der Waals surface area contributed by atoms with Gasteiger partial charge in [-0.3, -0.25) is 4.79 Å². The van der Waals surface area contributed by atoms with Crippen LogP contribution in [0.4, 0.5) is 4.39 Å². The zero-order valence-electron chi connectivity index (χ0n) is 13.9. The van der Waals surface area contributed by atoms with E-state index in [0.29, 0.717) is 32.5 Å². The Morgan fingerprint density at radius 1 is 1.21 bits per heavy atom. The fourth-order valence-corrected chi connectivity index (χ4v) is 4.84. The predicted octanol–water partition coefficient (Wildman–Crippen LogP) is 2.13. The third-order valence-corrected chi connectivity index (χ3v) is 6.56. The van der Waals surface area contributed by atoms with E-state index in [-0.39, 0.29) is 17.3 Å². The van der Waals surface area contributed by atoms with Gasteiger partial charge in [0.25, 0.3) is 0 Å². The zero-order valence-corrected chi connectivity index (χ0v) is 14.7. The summed E-state index contributed by atoms with van der Waals surface area (Å²) in [7, 11) is -3.21. The minimum absolute atomic E-state index is 0.0760. The molecule has 132 valence electrons. The molecular formula is C17H23FN2O3S. The summed E-state index contributed by atoms with van der Waals surface area (Å²) in [5, 5.41) is 0. The van der Waals surface area contributed by atoms with Gasteiger partial charge in [0.1, 0.15) is 5.82 Å². The molecule has 2 aliphatic rings. The molecule has 2 heterocycles. The highest BCUT2D eigenvalue weighted by Crippen LogP contribution is 2.40. The first-order valence-corrected chi connectivity index (χ1v) is 10.2. The third-order valence-electron chi connectivity index (χ3n) is 5.25. The summed E-state index contributed by atoms with van der Waals surface area (Å²) in [6, 6.07) is 6.32. The van der Waals surface area contributed by atoms with E-state index in [2.05, 4.69) is 0 Å². The Kier molecular flexibility index (Phi) is 4.66. The molecule has 1 amide bonds. The first-order valence-electron chi connectivity index (χ1n) is 8.30. The molecule has 0 unspecified atom stereocenters.